The smallest absolute Gasteiger partial charge is 0.143 e. The van der Waals surface area contributed by atoms with E-state index in [9.17, 15) is 0 Å². The van der Waals surface area contributed by atoms with Crippen molar-refractivity contribution >= 4 is 102 Å². The van der Waals surface area contributed by atoms with Gasteiger partial charge in [0.15, 0.2) is 0 Å². The summed E-state index contributed by atoms with van der Waals surface area (Å²) in [7, 11) is 0. The number of nitrogens with zero attached hydrogens (tertiary/aromatic N) is 9. The molecule has 218 valence electrons. The Morgan fingerprint density at radius 1 is 0.311 bits per heavy atom. The topological polar surface area (TPSA) is 116 Å². The highest BCUT2D eigenvalue weighted by Gasteiger charge is 2.18. The van der Waals surface area contributed by atoms with Gasteiger partial charge in [-0.1, -0.05) is 0 Å². The van der Waals surface area contributed by atoms with Crippen LogP contribution in [-0.2, 0) is 0 Å². The summed E-state index contributed by atoms with van der Waals surface area (Å²) in [4.78, 5) is 42.4. The molecule has 0 unspecified atom stereocenters. The van der Waals surface area contributed by atoms with Gasteiger partial charge >= 0.3 is 0 Å². The Morgan fingerprint density at radius 3 is 0.933 bits per heavy atom. The maximum atomic E-state index is 4.87. The summed E-state index contributed by atoms with van der Waals surface area (Å²) in [6, 6.07) is 0. The molecule has 0 saturated heterocycles. The van der Waals surface area contributed by atoms with Crippen molar-refractivity contribution in [2.45, 2.75) is 0 Å². The standard InChI is InChI=1S/C27H11N9S9/c1-2-38-20(28-1)13-4-40-22(30-13)15-6-42-24(32-15)17-8-44-26(34-17)19-10-45-27(36-19)18-9-43-25(35-18)16-7-41-23(33-16)14-5-39-21(31-14)12-3-37-11-29-12/h1-11H. The van der Waals surface area contributed by atoms with Gasteiger partial charge in [0.2, 0.25) is 0 Å². The minimum absolute atomic E-state index is 0.834. The van der Waals surface area contributed by atoms with Crippen LogP contribution in [0.3, 0.4) is 0 Å². The van der Waals surface area contributed by atoms with Crippen LogP contribution in [0.5, 0.6) is 0 Å². The average molecular weight is 750 g/mol. The molecule has 9 heterocycles. The molecule has 0 fully saturated rings. The molecule has 9 aromatic heterocycles. The first-order chi connectivity index (χ1) is 22.2. The Labute approximate surface area is 290 Å². The fraction of sp³-hybridized carbons (Fsp3) is 0. The first-order valence-corrected chi connectivity index (χ1v) is 20.7. The van der Waals surface area contributed by atoms with Crippen LogP contribution in [0.25, 0.3) is 85.6 Å². The van der Waals surface area contributed by atoms with Gasteiger partial charge in [0, 0.05) is 54.6 Å². The van der Waals surface area contributed by atoms with Crippen molar-refractivity contribution in [2.75, 3.05) is 0 Å². The van der Waals surface area contributed by atoms with E-state index in [0.29, 0.717) is 0 Å². The van der Waals surface area contributed by atoms with Crippen molar-refractivity contribution in [2.24, 2.45) is 0 Å². The molecule has 45 heavy (non-hydrogen) atoms. The van der Waals surface area contributed by atoms with Crippen LogP contribution in [0, 0.1) is 0 Å². The maximum absolute atomic E-state index is 4.87. The van der Waals surface area contributed by atoms with Gasteiger partial charge in [-0.3, -0.25) is 0 Å². The molecule has 9 aromatic rings. The van der Waals surface area contributed by atoms with Crippen LogP contribution < -0.4 is 0 Å². The molecule has 0 radical (unpaired) electrons. The fourth-order valence-corrected chi connectivity index (χ4v) is 11.2. The van der Waals surface area contributed by atoms with Crippen molar-refractivity contribution in [3.05, 3.63) is 60.1 Å². The van der Waals surface area contributed by atoms with E-state index in [1.165, 1.54) is 0 Å². The molecule has 0 aliphatic heterocycles. The molecular formula is C27H11N9S9. The normalized spacial score (nSPS) is 11.6. The van der Waals surface area contributed by atoms with Gasteiger partial charge in [0.1, 0.15) is 85.6 Å². The third-order valence-electron chi connectivity index (χ3n) is 6.15. The van der Waals surface area contributed by atoms with E-state index in [4.69, 9.17) is 34.9 Å². The largest absolute Gasteiger partial charge is 0.243 e. The van der Waals surface area contributed by atoms with E-state index >= 15 is 0 Å². The van der Waals surface area contributed by atoms with Gasteiger partial charge in [0.25, 0.3) is 0 Å². The number of rotatable bonds is 8. The SMILES string of the molecule is c1csc(-c2csc(-c3csc(-c4csc(-c5csc(-c6csc(-c7csc(-c8csc(-c9cscn9)n8)n7)n6)n5)n4)n3)n2)n1. The van der Waals surface area contributed by atoms with E-state index < -0.39 is 0 Å². The highest BCUT2D eigenvalue weighted by Crippen LogP contribution is 2.38. The highest BCUT2D eigenvalue weighted by molar-refractivity contribution is 7.18. The summed E-state index contributed by atoms with van der Waals surface area (Å²) in [5, 5.41) is 25.1. The molecule has 0 N–H and O–H groups in total. The molecule has 0 atom stereocenters. The second kappa shape index (κ2) is 11.8. The molecule has 0 aliphatic carbocycles. The molecule has 0 bridgehead atoms. The monoisotopic (exact) mass is 749 g/mol. The van der Waals surface area contributed by atoms with Gasteiger partial charge in [-0.2, -0.15) is 0 Å². The Morgan fingerprint density at radius 2 is 0.644 bits per heavy atom. The summed E-state index contributed by atoms with van der Waals surface area (Å²) >= 11 is 14.1. The number of thiazole rings is 9. The summed E-state index contributed by atoms with van der Waals surface area (Å²) < 4.78 is 0. The summed E-state index contributed by atoms with van der Waals surface area (Å²) in [6.07, 6.45) is 1.79. The quantitative estimate of drug-likeness (QED) is 0.150. The van der Waals surface area contributed by atoms with E-state index in [0.717, 1.165) is 85.6 Å². The fourth-order valence-electron chi connectivity index (χ4n) is 4.10. The van der Waals surface area contributed by atoms with Crippen molar-refractivity contribution in [1.29, 1.82) is 0 Å². The van der Waals surface area contributed by atoms with Crippen LogP contribution in [0.2, 0.25) is 0 Å². The summed E-state index contributed by atoms with van der Waals surface area (Å²) in [5.41, 5.74) is 8.68. The zero-order valence-electron chi connectivity index (χ0n) is 22.1. The van der Waals surface area contributed by atoms with Gasteiger partial charge in [-0.25, -0.2) is 44.9 Å². The minimum atomic E-state index is 0.834. The average Bonchev–Trinajstić information content (AvgIpc) is 3.94. The molecule has 0 aliphatic rings. The molecule has 0 aromatic carbocycles. The third kappa shape index (κ3) is 5.45. The van der Waals surface area contributed by atoms with Gasteiger partial charge in [-0.05, 0) is 0 Å². The predicted molar refractivity (Wildman–Crippen MR) is 191 cm³/mol. The van der Waals surface area contributed by atoms with E-state index in [-0.39, 0.29) is 0 Å². The molecule has 18 heteroatoms. The zero-order valence-corrected chi connectivity index (χ0v) is 29.4. The van der Waals surface area contributed by atoms with Crippen LogP contribution in [-0.4, -0.2) is 44.9 Å². The minimum Gasteiger partial charge on any atom is -0.243 e. The molecule has 9 nitrogen and oxygen atoms in total. The van der Waals surface area contributed by atoms with Crippen molar-refractivity contribution in [3.63, 3.8) is 0 Å². The lowest BCUT2D eigenvalue weighted by Crippen LogP contribution is -1.82. The predicted octanol–water partition coefficient (Wildman–Crippen LogP) is 10.1. The second-order valence-corrected chi connectivity index (χ2v) is 16.6. The first-order valence-electron chi connectivity index (χ1n) is 12.7. The molecule has 9 rings (SSSR count). The lowest BCUT2D eigenvalue weighted by molar-refractivity contribution is 1.28. The van der Waals surface area contributed by atoms with Gasteiger partial charge in [0.05, 0.1) is 5.51 Å². The first kappa shape index (κ1) is 27.9. The number of hydrogen-bond donors (Lipinski definition) is 0. The van der Waals surface area contributed by atoms with Crippen LogP contribution >= 0.6 is 102 Å². The molecule has 0 amide bonds. The van der Waals surface area contributed by atoms with E-state index in [1.54, 1.807) is 108 Å². The Hall–Kier alpha value is -3.33. The zero-order chi connectivity index (χ0) is 29.7. The number of aromatic nitrogens is 9. The van der Waals surface area contributed by atoms with Crippen LogP contribution in [0.4, 0.5) is 0 Å². The lowest BCUT2D eigenvalue weighted by atomic mass is 10.4. The van der Waals surface area contributed by atoms with Gasteiger partial charge in [-0.15, -0.1) is 102 Å². The maximum Gasteiger partial charge on any atom is 0.143 e. The second-order valence-electron chi connectivity index (χ2n) is 8.98. The molecule has 0 saturated carbocycles. The number of hydrogen-bond acceptors (Lipinski definition) is 18. The molecule has 0 spiro atoms. The van der Waals surface area contributed by atoms with Crippen LogP contribution in [0.15, 0.2) is 60.1 Å². The van der Waals surface area contributed by atoms with E-state index in [2.05, 4.69) is 9.97 Å². The Balaban J connectivity index is 0.908. The van der Waals surface area contributed by atoms with E-state index in [1.807, 2.05) is 53.9 Å². The van der Waals surface area contributed by atoms with Crippen molar-refractivity contribution in [3.8, 4) is 85.6 Å². The summed E-state index contributed by atoms with van der Waals surface area (Å²) in [5.74, 6) is 0. The third-order valence-corrected chi connectivity index (χ3v) is 13.6. The van der Waals surface area contributed by atoms with Crippen molar-refractivity contribution in [1.82, 2.24) is 44.9 Å². The Bertz CT molecular complexity index is 2200. The lowest BCUT2D eigenvalue weighted by Gasteiger charge is -1.91. The highest BCUT2D eigenvalue weighted by atomic mass is 32.1. The van der Waals surface area contributed by atoms with Gasteiger partial charge < -0.3 is 0 Å². The van der Waals surface area contributed by atoms with Crippen molar-refractivity contribution < 1.29 is 0 Å². The summed E-state index contributed by atoms with van der Waals surface area (Å²) in [6.45, 7) is 0. The Kier molecular flexibility index (Phi) is 7.32. The molecular weight excluding hydrogens is 739 g/mol. The van der Waals surface area contributed by atoms with Crippen LogP contribution in [0.1, 0.15) is 0 Å².